The highest BCUT2D eigenvalue weighted by Gasteiger charge is 2.25. The molecular formula is C28H35ClFN7O5. The summed E-state index contributed by atoms with van der Waals surface area (Å²) in [5, 5.41) is 2.58. The van der Waals surface area contributed by atoms with Gasteiger partial charge in [-0.2, -0.15) is 0 Å². The first-order valence-corrected chi connectivity index (χ1v) is 13.6. The number of carbonyl (C=O) groups excluding carboxylic acids is 3. The lowest BCUT2D eigenvalue weighted by Crippen LogP contribution is -2.37. The zero-order valence-corrected chi connectivity index (χ0v) is 25.2. The highest BCUT2D eigenvalue weighted by atomic mass is 35.5. The van der Waals surface area contributed by atoms with Gasteiger partial charge in [-0.3, -0.25) is 23.9 Å². The van der Waals surface area contributed by atoms with Gasteiger partial charge in [0, 0.05) is 28.2 Å². The van der Waals surface area contributed by atoms with Crippen LogP contribution in [0, 0.1) is 11.7 Å². The van der Waals surface area contributed by atoms with Crippen LogP contribution in [0.2, 0.25) is 5.15 Å². The third-order valence-electron chi connectivity index (χ3n) is 6.09. The van der Waals surface area contributed by atoms with Crippen LogP contribution in [0.5, 0.6) is 0 Å². The smallest absolute Gasteiger partial charge is 0.410 e. The van der Waals surface area contributed by atoms with Crippen LogP contribution in [0.25, 0.3) is 11.0 Å². The summed E-state index contributed by atoms with van der Waals surface area (Å²) in [6.07, 6.45) is 2.94. The summed E-state index contributed by atoms with van der Waals surface area (Å²) >= 11 is 6.33. The number of fused-ring (bicyclic) bond motifs is 1. The van der Waals surface area contributed by atoms with Gasteiger partial charge in [-0.15, -0.1) is 0 Å². The van der Waals surface area contributed by atoms with Crippen LogP contribution in [0.3, 0.4) is 0 Å². The first kappa shape index (κ1) is 32.3. The number of likely N-dealkylation sites (N-methyl/N-ethyl adjacent to an activating group) is 1. The first-order chi connectivity index (χ1) is 19.8. The number of nitrogens with zero attached hydrogens (tertiary/aromatic N) is 5. The van der Waals surface area contributed by atoms with Crippen molar-refractivity contribution >= 4 is 46.2 Å². The maximum Gasteiger partial charge on any atom is 0.410 e. The van der Waals surface area contributed by atoms with Gasteiger partial charge < -0.3 is 24.8 Å². The molecule has 0 spiro atoms. The molecule has 0 radical (unpaired) electrons. The van der Waals surface area contributed by atoms with E-state index in [-0.39, 0.29) is 53.4 Å². The number of ether oxygens (including phenoxy) is 1. The quantitative estimate of drug-likeness (QED) is 0.252. The minimum absolute atomic E-state index is 0.0572. The Hall–Kier alpha value is -4.26. The Balaban J connectivity index is 1.85. The molecule has 12 nitrogen and oxygen atoms in total. The molecule has 0 aliphatic carbocycles. The van der Waals surface area contributed by atoms with Crippen LogP contribution >= 0.6 is 11.6 Å². The number of rotatable bonds is 11. The van der Waals surface area contributed by atoms with Crippen molar-refractivity contribution < 1.29 is 23.5 Å². The van der Waals surface area contributed by atoms with Crippen molar-refractivity contribution in [2.24, 2.45) is 5.92 Å². The molecule has 3 heterocycles. The van der Waals surface area contributed by atoms with E-state index >= 15 is 0 Å². The lowest BCUT2D eigenvalue weighted by atomic mass is 10.1. The second-order valence-corrected chi connectivity index (χ2v) is 10.9. The van der Waals surface area contributed by atoms with Crippen molar-refractivity contribution in [3.63, 3.8) is 0 Å². The molecule has 0 fully saturated rings. The van der Waals surface area contributed by atoms with Crippen LogP contribution in [0.4, 0.5) is 14.9 Å². The zero-order valence-electron chi connectivity index (χ0n) is 24.4. The molecule has 0 saturated carbocycles. The molecule has 226 valence electrons. The molecule has 1 atom stereocenters. The summed E-state index contributed by atoms with van der Waals surface area (Å²) in [6, 6.07) is 2.76. The number of H-pyrrole nitrogens is 1. The van der Waals surface area contributed by atoms with Crippen LogP contribution < -0.4 is 10.9 Å². The van der Waals surface area contributed by atoms with Crippen LogP contribution in [0.1, 0.15) is 38.2 Å². The van der Waals surface area contributed by atoms with E-state index in [2.05, 4.69) is 20.3 Å². The number of carbonyl (C=O) groups is 3. The summed E-state index contributed by atoms with van der Waals surface area (Å²) in [5.41, 5.74) is 0.443. The van der Waals surface area contributed by atoms with Gasteiger partial charge >= 0.3 is 6.09 Å². The topological polar surface area (TPSA) is 143 Å². The van der Waals surface area contributed by atoms with E-state index in [0.29, 0.717) is 17.6 Å². The van der Waals surface area contributed by atoms with Gasteiger partial charge in [-0.25, -0.2) is 14.2 Å². The molecule has 0 saturated heterocycles. The summed E-state index contributed by atoms with van der Waals surface area (Å²) < 4.78 is 21.0. The van der Waals surface area contributed by atoms with Crippen molar-refractivity contribution in [1.82, 2.24) is 29.3 Å². The second kappa shape index (κ2) is 14.1. The monoisotopic (exact) mass is 603 g/mol. The molecule has 0 aromatic carbocycles. The van der Waals surface area contributed by atoms with Gasteiger partial charge in [0.15, 0.2) is 11.9 Å². The number of anilines is 1. The van der Waals surface area contributed by atoms with Crippen molar-refractivity contribution in [3.05, 3.63) is 63.3 Å². The number of pyridine rings is 2. The lowest BCUT2D eigenvalue weighted by molar-refractivity contribution is -0.125. The van der Waals surface area contributed by atoms with Gasteiger partial charge in [-0.1, -0.05) is 31.5 Å². The van der Waals surface area contributed by atoms with Gasteiger partial charge in [-0.05, 0) is 43.4 Å². The fourth-order valence-electron chi connectivity index (χ4n) is 3.89. The number of imidazole rings is 1. The number of nitrogens with one attached hydrogen (secondary N) is 2. The molecule has 3 aromatic rings. The summed E-state index contributed by atoms with van der Waals surface area (Å²) in [6.45, 7) is 3.89. The third kappa shape index (κ3) is 8.15. The fourth-order valence-corrected chi connectivity index (χ4v) is 4.09. The van der Waals surface area contributed by atoms with Crippen molar-refractivity contribution in [3.8, 4) is 0 Å². The van der Waals surface area contributed by atoms with E-state index in [1.165, 1.54) is 46.7 Å². The van der Waals surface area contributed by atoms with Crippen LogP contribution in [-0.4, -0.2) is 81.5 Å². The Morgan fingerprint density at radius 1 is 1.19 bits per heavy atom. The average Bonchev–Trinajstić information content (AvgIpc) is 3.36. The molecule has 14 heteroatoms. The Kier molecular flexibility index (Phi) is 10.8. The molecule has 3 rings (SSSR count). The van der Waals surface area contributed by atoms with Gasteiger partial charge in [0.1, 0.15) is 22.2 Å². The van der Waals surface area contributed by atoms with E-state index in [1.54, 1.807) is 20.2 Å². The van der Waals surface area contributed by atoms with Crippen molar-refractivity contribution in [1.29, 1.82) is 0 Å². The molecule has 0 aliphatic rings. The molecule has 0 aliphatic heterocycles. The van der Waals surface area contributed by atoms with Crippen LogP contribution in [0.15, 0.2) is 35.3 Å². The van der Waals surface area contributed by atoms with Gasteiger partial charge in [0.05, 0.1) is 24.0 Å². The predicted octanol–water partition coefficient (Wildman–Crippen LogP) is 3.59. The lowest BCUT2D eigenvalue weighted by Gasteiger charge is -2.20. The molecule has 1 unspecified atom stereocenters. The van der Waals surface area contributed by atoms with Gasteiger partial charge in [0.2, 0.25) is 5.91 Å². The number of amides is 3. The van der Waals surface area contributed by atoms with E-state index in [9.17, 15) is 23.6 Å². The summed E-state index contributed by atoms with van der Waals surface area (Å²) in [7, 11) is 6.15. The minimum atomic E-state index is -1.26. The Morgan fingerprint density at radius 2 is 1.90 bits per heavy atom. The number of hydrogen-bond donors (Lipinski definition) is 2. The average molecular weight is 604 g/mol. The number of hydrogen-bond acceptors (Lipinski definition) is 7. The second-order valence-electron chi connectivity index (χ2n) is 10.5. The molecule has 3 aromatic heterocycles. The Bertz CT molecular complexity index is 1550. The SMILES string of the molecule is CC(C)Cc1ncc(F)c2nc(Cn3c(Cl)ccc(NC(=O)C(CC/C=C/C(=O)N(C)C)OC(=O)N(C)C)c3=O)[nH]c12. The third-order valence-corrected chi connectivity index (χ3v) is 6.42. The summed E-state index contributed by atoms with van der Waals surface area (Å²) in [4.78, 5) is 64.6. The largest absolute Gasteiger partial charge is 0.436 e. The fraction of sp³-hybridized carbons (Fsp3) is 0.429. The minimum Gasteiger partial charge on any atom is -0.436 e. The predicted molar refractivity (Wildman–Crippen MR) is 157 cm³/mol. The Labute approximate surface area is 247 Å². The highest BCUT2D eigenvalue weighted by molar-refractivity contribution is 6.29. The number of allylic oxidation sites excluding steroid dienone is 1. The first-order valence-electron chi connectivity index (χ1n) is 13.3. The highest BCUT2D eigenvalue weighted by Crippen LogP contribution is 2.21. The van der Waals surface area contributed by atoms with E-state index < -0.39 is 29.5 Å². The van der Waals surface area contributed by atoms with Crippen molar-refractivity contribution in [2.45, 2.75) is 45.8 Å². The molecule has 3 amide bonds. The number of halogens is 2. The normalized spacial score (nSPS) is 12.1. The summed E-state index contributed by atoms with van der Waals surface area (Å²) in [5.74, 6) is -1.03. The Morgan fingerprint density at radius 3 is 2.55 bits per heavy atom. The van der Waals surface area contributed by atoms with Gasteiger partial charge in [0.25, 0.3) is 11.5 Å². The number of aromatic nitrogens is 4. The zero-order chi connectivity index (χ0) is 31.1. The standard InChI is InChI=1S/C28H35ClFN7O5/c1-16(2)13-19-25-24(17(30)14-31-19)33-22(34-25)15-37-21(29)12-11-18(27(37)40)32-26(39)20(42-28(41)36(5)6)9-7-8-10-23(38)35(3)4/h8,10-12,14,16,20H,7,9,13,15H2,1-6H3,(H,32,39)(H,33,34)/b10-8+. The van der Waals surface area contributed by atoms with Crippen LogP contribution in [-0.2, 0) is 27.3 Å². The van der Waals surface area contributed by atoms with E-state index in [0.717, 1.165) is 6.20 Å². The molecule has 0 bridgehead atoms. The molecular weight excluding hydrogens is 569 g/mol. The van der Waals surface area contributed by atoms with E-state index in [1.807, 2.05) is 13.8 Å². The van der Waals surface area contributed by atoms with E-state index in [4.69, 9.17) is 16.3 Å². The molecule has 2 N–H and O–H groups in total. The number of aromatic amines is 1. The molecule has 42 heavy (non-hydrogen) atoms. The maximum absolute atomic E-state index is 14.5. The van der Waals surface area contributed by atoms with Crippen molar-refractivity contribution in [2.75, 3.05) is 33.5 Å². The maximum atomic E-state index is 14.5.